The first-order valence-electron chi connectivity index (χ1n) is 12.5. The third-order valence-corrected chi connectivity index (χ3v) is 7.71. The van der Waals surface area contributed by atoms with Crippen LogP contribution in [0.3, 0.4) is 0 Å². The monoisotopic (exact) mass is 517 g/mol. The molecule has 0 bridgehead atoms. The normalized spacial score (nSPS) is 20.3. The fraction of sp³-hybridized carbons (Fsp3) is 0.519. The summed E-state index contributed by atoms with van der Waals surface area (Å²) in [5.41, 5.74) is 0.432. The van der Waals surface area contributed by atoms with Gasteiger partial charge in [-0.25, -0.2) is 0 Å². The number of rotatable bonds is 5. The lowest BCUT2D eigenvalue weighted by Gasteiger charge is -2.33. The Bertz CT molecular complexity index is 1150. The molecule has 2 aliphatic heterocycles. The fourth-order valence-electron chi connectivity index (χ4n) is 4.51. The number of carbonyl (C=O) groups excluding carboxylic acids is 1. The lowest BCUT2D eigenvalue weighted by Crippen LogP contribution is -2.44. The molecular formula is C27H35BF3N3O3. The number of nitrogens with one attached hydrogen (secondary N) is 1. The van der Waals surface area contributed by atoms with Gasteiger partial charge in [-0.15, -0.1) is 0 Å². The summed E-state index contributed by atoms with van der Waals surface area (Å²) in [6, 6.07) is 9.12. The number of likely N-dealkylation sites (N-methyl/N-ethyl adjacent to an activating group) is 1. The zero-order chi connectivity index (χ0) is 27.2. The maximum absolute atomic E-state index is 13.9. The van der Waals surface area contributed by atoms with Crippen LogP contribution < -0.4 is 10.8 Å². The van der Waals surface area contributed by atoms with Gasteiger partial charge in [-0.3, -0.25) is 9.69 Å². The van der Waals surface area contributed by atoms with Crippen molar-refractivity contribution in [3.05, 3.63) is 58.7 Å². The van der Waals surface area contributed by atoms with Crippen LogP contribution in [0, 0.1) is 6.92 Å². The fourth-order valence-corrected chi connectivity index (χ4v) is 4.51. The van der Waals surface area contributed by atoms with Crippen molar-refractivity contribution in [2.75, 3.05) is 38.5 Å². The quantitative estimate of drug-likeness (QED) is 0.600. The van der Waals surface area contributed by atoms with E-state index in [0.29, 0.717) is 18.8 Å². The molecule has 2 aliphatic rings. The molecule has 0 unspecified atom stereocenters. The molecule has 0 aliphatic carbocycles. The molecule has 0 aromatic heterocycles. The summed E-state index contributed by atoms with van der Waals surface area (Å²) in [6.45, 7) is 13.0. The van der Waals surface area contributed by atoms with Crippen molar-refractivity contribution >= 4 is 24.2 Å². The zero-order valence-electron chi connectivity index (χ0n) is 22.3. The van der Waals surface area contributed by atoms with E-state index < -0.39 is 36.0 Å². The molecule has 1 N–H and O–H groups in total. The topological polar surface area (TPSA) is 54.0 Å². The second kappa shape index (κ2) is 10.1. The minimum Gasteiger partial charge on any atom is -0.399 e. The maximum atomic E-state index is 13.9. The standard InChI is InChI=1S/C27H35BF3N3O3/c1-18-7-10-21(16-23(18)28-36-25(2,3)26(4,5)37-28)32-24(35)19-8-9-20(22(15-19)27(29,30)31)17-34-13-11-33(6)12-14-34/h7-10,15-16H,11-14,17H2,1-6H3,(H,32,35). The van der Waals surface area contributed by atoms with Gasteiger partial charge < -0.3 is 19.5 Å². The number of hydrogen-bond donors (Lipinski definition) is 1. The predicted octanol–water partition coefficient (Wildman–Crippen LogP) is 4.31. The number of anilines is 1. The van der Waals surface area contributed by atoms with E-state index in [1.54, 1.807) is 12.1 Å². The van der Waals surface area contributed by atoms with Gasteiger partial charge in [-0.05, 0) is 77.0 Å². The molecule has 6 nitrogen and oxygen atoms in total. The molecule has 2 aromatic carbocycles. The highest BCUT2D eigenvalue weighted by Gasteiger charge is 2.52. The maximum Gasteiger partial charge on any atom is 0.495 e. The Labute approximate surface area is 217 Å². The summed E-state index contributed by atoms with van der Waals surface area (Å²) in [6.07, 6.45) is -4.56. The zero-order valence-corrected chi connectivity index (χ0v) is 22.3. The first kappa shape index (κ1) is 27.6. The highest BCUT2D eigenvalue weighted by Crippen LogP contribution is 2.37. The molecule has 2 aromatic rings. The van der Waals surface area contributed by atoms with E-state index in [-0.39, 0.29) is 17.7 Å². The molecule has 0 atom stereocenters. The minimum atomic E-state index is -4.56. The lowest BCUT2D eigenvalue weighted by atomic mass is 9.76. The highest BCUT2D eigenvalue weighted by atomic mass is 19.4. The number of hydrogen-bond acceptors (Lipinski definition) is 5. The van der Waals surface area contributed by atoms with Crippen molar-refractivity contribution in [2.45, 2.75) is 58.5 Å². The molecular weight excluding hydrogens is 482 g/mol. The average Bonchev–Trinajstić information content (AvgIpc) is 3.02. The number of carbonyl (C=O) groups is 1. The van der Waals surface area contributed by atoms with Crippen LogP contribution in [0.5, 0.6) is 0 Å². The van der Waals surface area contributed by atoms with E-state index in [2.05, 4.69) is 10.2 Å². The van der Waals surface area contributed by atoms with Gasteiger partial charge in [0.2, 0.25) is 0 Å². The van der Waals surface area contributed by atoms with Crippen LogP contribution in [0.2, 0.25) is 0 Å². The summed E-state index contributed by atoms with van der Waals surface area (Å²) in [5, 5.41) is 2.74. The van der Waals surface area contributed by atoms with Crippen LogP contribution in [-0.2, 0) is 22.0 Å². The second-order valence-corrected chi connectivity index (χ2v) is 11.1. The summed E-state index contributed by atoms with van der Waals surface area (Å²) >= 11 is 0. The van der Waals surface area contributed by atoms with Crippen LogP contribution in [0.25, 0.3) is 0 Å². The summed E-state index contributed by atoms with van der Waals surface area (Å²) in [4.78, 5) is 17.2. The largest absolute Gasteiger partial charge is 0.495 e. The van der Waals surface area contributed by atoms with Crippen molar-refractivity contribution in [3.8, 4) is 0 Å². The predicted molar refractivity (Wildman–Crippen MR) is 139 cm³/mol. The number of aryl methyl sites for hydroxylation is 1. The van der Waals surface area contributed by atoms with Gasteiger partial charge >= 0.3 is 13.3 Å². The number of alkyl halides is 3. The van der Waals surface area contributed by atoms with Crippen LogP contribution in [0.4, 0.5) is 18.9 Å². The van der Waals surface area contributed by atoms with E-state index >= 15 is 0 Å². The van der Waals surface area contributed by atoms with Gasteiger partial charge in [-0.1, -0.05) is 17.7 Å². The Morgan fingerprint density at radius 3 is 2.22 bits per heavy atom. The molecule has 2 fully saturated rings. The van der Waals surface area contributed by atoms with Crippen molar-refractivity contribution in [2.24, 2.45) is 0 Å². The Morgan fingerprint density at radius 1 is 1.00 bits per heavy atom. The molecule has 2 heterocycles. The summed E-state index contributed by atoms with van der Waals surface area (Å²) < 4.78 is 54.1. The first-order valence-corrected chi connectivity index (χ1v) is 12.5. The van der Waals surface area contributed by atoms with Gasteiger partial charge in [0.25, 0.3) is 5.91 Å². The van der Waals surface area contributed by atoms with Crippen molar-refractivity contribution in [3.63, 3.8) is 0 Å². The van der Waals surface area contributed by atoms with Crippen LogP contribution in [-0.4, -0.2) is 67.3 Å². The molecule has 0 radical (unpaired) electrons. The van der Waals surface area contributed by atoms with Gasteiger partial charge in [0.05, 0.1) is 16.8 Å². The molecule has 0 spiro atoms. The number of benzene rings is 2. The van der Waals surface area contributed by atoms with E-state index in [1.807, 2.05) is 52.6 Å². The Balaban J connectivity index is 1.53. The lowest BCUT2D eigenvalue weighted by molar-refractivity contribution is -0.138. The molecule has 37 heavy (non-hydrogen) atoms. The number of nitrogens with zero attached hydrogens (tertiary/aromatic N) is 2. The Kier molecular flexibility index (Phi) is 7.51. The summed E-state index contributed by atoms with van der Waals surface area (Å²) in [7, 11) is 1.38. The van der Waals surface area contributed by atoms with E-state index in [1.165, 1.54) is 12.1 Å². The van der Waals surface area contributed by atoms with Crippen molar-refractivity contribution < 1.29 is 27.3 Å². The third-order valence-electron chi connectivity index (χ3n) is 7.71. The molecule has 4 rings (SSSR count). The van der Waals surface area contributed by atoms with Gasteiger partial charge in [0.1, 0.15) is 0 Å². The first-order chi connectivity index (χ1) is 17.2. The van der Waals surface area contributed by atoms with Crippen molar-refractivity contribution in [1.82, 2.24) is 9.80 Å². The van der Waals surface area contributed by atoms with E-state index in [9.17, 15) is 18.0 Å². The van der Waals surface area contributed by atoms with E-state index in [0.717, 1.165) is 30.2 Å². The SMILES string of the molecule is Cc1ccc(NC(=O)c2ccc(CN3CCN(C)CC3)c(C(F)(F)F)c2)cc1B1OC(C)(C)C(C)(C)O1. The Morgan fingerprint density at radius 2 is 1.62 bits per heavy atom. The molecule has 1 amide bonds. The molecule has 200 valence electrons. The smallest absolute Gasteiger partial charge is 0.399 e. The highest BCUT2D eigenvalue weighted by molar-refractivity contribution is 6.62. The number of amides is 1. The molecule has 10 heteroatoms. The molecule has 2 saturated heterocycles. The van der Waals surface area contributed by atoms with Crippen molar-refractivity contribution in [1.29, 1.82) is 0 Å². The number of halogens is 3. The van der Waals surface area contributed by atoms with Gasteiger partial charge in [-0.2, -0.15) is 13.2 Å². The second-order valence-electron chi connectivity index (χ2n) is 11.1. The number of piperazine rings is 1. The van der Waals surface area contributed by atoms with Crippen LogP contribution in [0.15, 0.2) is 36.4 Å². The van der Waals surface area contributed by atoms with Gasteiger partial charge in [0.15, 0.2) is 0 Å². The molecule has 0 saturated carbocycles. The van der Waals surface area contributed by atoms with Gasteiger partial charge in [0, 0.05) is 44.0 Å². The minimum absolute atomic E-state index is 0.0489. The third kappa shape index (κ3) is 6.03. The van der Waals surface area contributed by atoms with E-state index in [4.69, 9.17) is 9.31 Å². The van der Waals surface area contributed by atoms with Crippen LogP contribution >= 0.6 is 0 Å². The van der Waals surface area contributed by atoms with Crippen LogP contribution in [0.1, 0.15) is 54.7 Å². The average molecular weight is 517 g/mol. The Hall–Kier alpha value is -2.40. The summed E-state index contributed by atoms with van der Waals surface area (Å²) in [5.74, 6) is -0.611.